The van der Waals surface area contributed by atoms with E-state index in [1.165, 1.54) is 12.1 Å². The molecule has 168 valence electrons. The molecule has 2 aromatic heterocycles. The summed E-state index contributed by atoms with van der Waals surface area (Å²) in [6.45, 7) is 2.00. The van der Waals surface area contributed by atoms with Crippen LogP contribution in [0.1, 0.15) is 28.8 Å². The maximum absolute atomic E-state index is 13.5. The van der Waals surface area contributed by atoms with E-state index in [9.17, 15) is 9.18 Å². The largest absolute Gasteiger partial charge is 0.369 e. The van der Waals surface area contributed by atoms with Crippen molar-refractivity contribution >= 4 is 23.3 Å². The van der Waals surface area contributed by atoms with Crippen molar-refractivity contribution < 1.29 is 9.18 Å². The van der Waals surface area contributed by atoms with Crippen LogP contribution in [0.3, 0.4) is 0 Å². The number of hydrogen-bond donors (Lipinski definition) is 3. The molecule has 7 nitrogen and oxygen atoms in total. The topological polar surface area (TPSA) is 83.9 Å². The zero-order valence-corrected chi connectivity index (χ0v) is 18.6. The molecule has 1 aliphatic heterocycles. The molecule has 1 amide bonds. The molecule has 1 fully saturated rings. The van der Waals surface area contributed by atoms with Gasteiger partial charge in [0, 0.05) is 37.9 Å². The highest BCUT2D eigenvalue weighted by atomic mass is 35.5. The Hall–Kier alpha value is -2.97. The van der Waals surface area contributed by atoms with E-state index in [4.69, 9.17) is 11.6 Å². The van der Waals surface area contributed by atoms with Crippen molar-refractivity contribution in [2.24, 2.45) is 7.05 Å². The molecule has 3 aromatic rings. The number of amides is 1. The summed E-state index contributed by atoms with van der Waals surface area (Å²) in [6.07, 6.45) is 6.22. The van der Waals surface area contributed by atoms with Crippen molar-refractivity contribution in [3.05, 3.63) is 64.7 Å². The molecule has 0 spiro atoms. The van der Waals surface area contributed by atoms with Gasteiger partial charge >= 0.3 is 0 Å². The summed E-state index contributed by atoms with van der Waals surface area (Å²) in [5.74, 6) is -0.0767. The van der Waals surface area contributed by atoms with Crippen LogP contribution in [0.4, 0.5) is 10.2 Å². The van der Waals surface area contributed by atoms with Crippen molar-refractivity contribution in [2.75, 3.05) is 25.0 Å². The van der Waals surface area contributed by atoms with Crippen molar-refractivity contribution in [3.63, 3.8) is 0 Å². The minimum atomic E-state index is -0.272. The Balaban J connectivity index is 1.55. The summed E-state index contributed by atoms with van der Waals surface area (Å²) in [5, 5.41) is 14.1. The normalized spacial score (nSPS) is 15.7. The zero-order valence-electron chi connectivity index (χ0n) is 17.9. The summed E-state index contributed by atoms with van der Waals surface area (Å²) in [5.41, 5.74) is 2.53. The number of nitrogens with zero attached hydrogens (tertiary/aromatic N) is 3. The third kappa shape index (κ3) is 5.44. The molecule has 32 heavy (non-hydrogen) atoms. The van der Waals surface area contributed by atoms with Gasteiger partial charge in [-0.15, -0.1) is 0 Å². The first-order chi connectivity index (χ1) is 15.5. The lowest BCUT2D eigenvalue weighted by atomic mass is 10.1. The lowest BCUT2D eigenvalue weighted by Crippen LogP contribution is -2.37. The molecule has 0 bridgehead atoms. The molecule has 4 rings (SSSR count). The summed E-state index contributed by atoms with van der Waals surface area (Å²) < 4.78 is 15.1. The SMILES string of the molecule is Cn1cc(-c2nc(NCCc3cccc(F)c3)c(C(=O)NC[C@H]3CCCN3)cc2Cl)cn1. The second-order valence-corrected chi connectivity index (χ2v) is 8.33. The van der Waals surface area contributed by atoms with Gasteiger partial charge in [0.2, 0.25) is 0 Å². The molecule has 1 saturated heterocycles. The van der Waals surface area contributed by atoms with Gasteiger partial charge in [-0.3, -0.25) is 9.48 Å². The number of aromatic nitrogens is 3. The van der Waals surface area contributed by atoms with Gasteiger partial charge in [0.1, 0.15) is 11.6 Å². The third-order valence-electron chi connectivity index (χ3n) is 5.47. The predicted molar refractivity (Wildman–Crippen MR) is 123 cm³/mol. The average molecular weight is 457 g/mol. The Morgan fingerprint density at radius 1 is 1.38 bits per heavy atom. The van der Waals surface area contributed by atoms with Crippen LogP contribution in [0.15, 0.2) is 42.7 Å². The number of rotatable bonds is 8. The standard InChI is InChI=1S/C23H26ClFN6O/c1-31-14-16(12-29-31)21-20(24)11-19(23(32)28-13-18-6-3-8-26-18)22(30-21)27-9-7-15-4-2-5-17(25)10-15/h2,4-5,10-12,14,18,26H,3,6-9,13H2,1H3,(H,27,30)(H,28,32)/t18-/m1/s1. The van der Waals surface area contributed by atoms with Gasteiger partial charge in [0.05, 0.1) is 22.5 Å². The second-order valence-electron chi connectivity index (χ2n) is 7.93. The minimum absolute atomic E-state index is 0.237. The highest BCUT2D eigenvalue weighted by Gasteiger charge is 2.20. The van der Waals surface area contributed by atoms with Gasteiger partial charge < -0.3 is 16.0 Å². The number of carbonyl (C=O) groups is 1. The number of halogens is 2. The van der Waals surface area contributed by atoms with Gasteiger partial charge in [-0.2, -0.15) is 5.10 Å². The summed E-state index contributed by atoms with van der Waals surface area (Å²) >= 11 is 6.50. The fourth-order valence-corrected chi connectivity index (χ4v) is 4.06. The molecule has 0 saturated carbocycles. The summed E-state index contributed by atoms with van der Waals surface area (Å²) in [6, 6.07) is 8.38. The quantitative estimate of drug-likeness (QED) is 0.483. The van der Waals surface area contributed by atoms with E-state index in [1.54, 1.807) is 23.0 Å². The molecule has 3 heterocycles. The maximum Gasteiger partial charge on any atom is 0.255 e. The predicted octanol–water partition coefficient (Wildman–Crippen LogP) is 3.41. The molecule has 3 N–H and O–H groups in total. The van der Waals surface area contributed by atoms with Crippen LogP contribution in [0.5, 0.6) is 0 Å². The lowest BCUT2D eigenvalue weighted by molar-refractivity contribution is 0.0951. The molecule has 1 atom stereocenters. The Morgan fingerprint density at radius 3 is 2.97 bits per heavy atom. The van der Waals surface area contributed by atoms with E-state index in [-0.39, 0.29) is 17.8 Å². The van der Waals surface area contributed by atoms with Crippen LogP contribution >= 0.6 is 11.6 Å². The first kappa shape index (κ1) is 22.2. The maximum atomic E-state index is 13.5. The number of aryl methyl sites for hydroxylation is 1. The van der Waals surface area contributed by atoms with Crippen molar-refractivity contribution in [1.82, 2.24) is 25.4 Å². The van der Waals surface area contributed by atoms with Crippen molar-refractivity contribution in [3.8, 4) is 11.3 Å². The van der Waals surface area contributed by atoms with Gasteiger partial charge in [0.25, 0.3) is 5.91 Å². The number of anilines is 1. The number of nitrogens with one attached hydrogen (secondary N) is 3. The Kier molecular flexibility index (Phi) is 7.02. The van der Waals surface area contributed by atoms with Crippen molar-refractivity contribution in [2.45, 2.75) is 25.3 Å². The van der Waals surface area contributed by atoms with E-state index in [0.717, 1.165) is 30.5 Å². The van der Waals surface area contributed by atoms with Gasteiger partial charge in [-0.25, -0.2) is 9.37 Å². The average Bonchev–Trinajstić information content (AvgIpc) is 3.44. The van der Waals surface area contributed by atoms with Crippen LogP contribution < -0.4 is 16.0 Å². The number of hydrogen-bond acceptors (Lipinski definition) is 5. The number of pyridine rings is 1. The van der Waals surface area contributed by atoms with Crippen LogP contribution in [0.2, 0.25) is 5.02 Å². The monoisotopic (exact) mass is 456 g/mol. The summed E-state index contributed by atoms with van der Waals surface area (Å²) in [7, 11) is 1.81. The number of benzene rings is 1. The van der Waals surface area contributed by atoms with E-state index < -0.39 is 0 Å². The van der Waals surface area contributed by atoms with E-state index in [0.29, 0.717) is 41.6 Å². The molecule has 1 aromatic carbocycles. The lowest BCUT2D eigenvalue weighted by Gasteiger charge is -2.16. The first-order valence-electron chi connectivity index (χ1n) is 10.7. The van der Waals surface area contributed by atoms with E-state index in [1.807, 2.05) is 19.3 Å². The minimum Gasteiger partial charge on any atom is -0.369 e. The van der Waals surface area contributed by atoms with Gasteiger partial charge in [-0.05, 0) is 49.6 Å². The summed E-state index contributed by atoms with van der Waals surface area (Å²) in [4.78, 5) is 17.6. The molecule has 1 aliphatic rings. The molecule has 0 unspecified atom stereocenters. The van der Waals surface area contributed by atoms with E-state index >= 15 is 0 Å². The van der Waals surface area contributed by atoms with Crippen molar-refractivity contribution in [1.29, 1.82) is 0 Å². The molecule has 9 heteroatoms. The Labute approximate surface area is 191 Å². The van der Waals surface area contributed by atoms with Gasteiger partial charge in [0.15, 0.2) is 0 Å². The van der Waals surface area contributed by atoms with E-state index in [2.05, 4.69) is 26.0 Å². The molecular weight excluding hydrogens is 431 g/mol. The molecular formula is C23H26ClFN6O. The first-order valence-corrected chi connectivity index (χ1v) is 11.1. The Morgan fingerprint density at radius 2 is 2.25 bits per heavy atom. The Bertz CT molecular complexity index is 1100. The molecule has 0 aliphatic carbocycles. The van der Waals surface area contributed by atoms with Crippen LogP contribution in [-0.2, 0) is 13.5 Å². The van der Waals surface area contributed by atoms with Crippen LogP contribution in [0, 0.1) is 5.82 Å². The highest BCUT2D eigenvalue weighted by molar-refractivity contribution is 6.33. The second kappa shape index (κ2) is 10.1. The molecule has 0 radical (unpaired) electrons. The van der Waals surface area contributed by atoms with Gasteiger partial charge in [-0.1, -0.05) is 23.7 Å². The fraction of sp³-hybridized carbons (Fsp3) is 0.348. The fourth-order valence-electron chi connectivity index (χ4n) is 3.80. The third-order valence-corrected chi connectivity index (χ3v) is 5.75. The highest BCUT2D eigenvalue weighted by Crippen LogP contribution is 2.30. The smallest absolute Gasteiger partial charge is 0.255 e. The number of carbonyl (C=O) groups excluding carboxylic acids is 1. The zero-order chi connectivity index (χ0) is 22.5. The van der Waals surface area contributed by atoms with Crippen LogP contribution in [-0.4, -0.2) is 46.3 Å². The van der Waals surface area contributed by atoms with Crippen LogP contribution in [0.25, 0.3) is 11.3 Å².